The lowest BCUT2D eigenvalue weighted by Crippen LogP contribution is -2.56. The van der Waals surface area contributed by atoms with Crippen LogP contribution in [0, 0.1) is 11.7 Å². The van der Waals surface area contributed by atoms with E-state index in [1.807, 2.05) is 4.90 Å². The smallest absolute Gasteiger partial charge is 0.227 e. The quantitative estimate of drug-likeness (QED) is 0.829. The third kappa shape index (κ3) is 3.78. The first kappa shape index (κ1) is 17.4. The van der Waals surface area contributed by atoms with Crippen LogP contribution in [0.2, 0.25) is 0 Å². The van der Waals surface area contributed by atoms with Crippen LogP contribution in [-0.2, 0) is 21.2 Å². The van der Waals surface area contributed by atoms with E-state index in [1.165, 1.54) is 22.7 Å². The summed E-state index contributed by atoms with van der Waals surface area (Å²) in [5, 5.41) is 0. The van der Waals surface area contributed by atoms with Crippen LogP contribution in [0.15, 0.2) is 24.3 Å². The minimum absolute atomic E-state index is 0.0455. The number of sulfonamides is 1. The summed E-state index contributed by atoms with van der Waals surface area (Å²) in [7, 11) is -3.17. The van der Waals surface area contributed by atoms with Crippen LogP contribution in [0.25, 0.3) is 0 Å². The molecule has 24 heavy (non-hydrogen) atoms. The van der Waals surface area contributed by atoms with Gasteiger partial charge >= 0.3 is 0 Å². The second-order valence-electron chi connectivity index (χ2n) is 6.77. The molecule has 0 aliphatic carbocycles. The number of hydrogen-bond acceptors (Lipinski definition) is 3. The van der Waals surface area contributed by atoms with Crippen molar-refractivity contribution >= 4 is 15.9 Å². The van der Waals surface area contributed by atoms with E-state index in [9.17, 15) is 17.6 Å². The normalized spacial score (nSPS) is 25.3. The van der Waals surface area contributed by atoms with Crippen LogP contribution in [0.1, 0.15) is 24.8 Å². The van der Waals surface area contributed by atoms with Crippen molar-refractivity contribution in [3.63, 3.8) is 0 Å². The molecule has 1 amide bonds. The molecule has 2 fully saturated rings. The molecule has 7 heteroatoms. The zero-order chi connectivity index (χ0) is 17.3. The number of likely N-dealkylation sites (tertiary alicyclic amines) is 1. The fraction of sp³-hybridized carbons (Fsp3) is 0.588. The number of nitrogens with zero attached hydrogens (tertiary/aromatic N) is 2. The molecule has 0 bridgehead atoms. The van der Waals surface area contributed by atoms with E-state index in [1.54, 1.807) is 12.1 Å². The van der Waals surface area contributed by atoms with Crippen LogP contribution in [0.3, 0.4) is 0 Å². The Hall–Kier alpha value is -1.47. The molecule has 132 valence electrons. The second kappa shape index (κ2) is 6.80. The van der Waals surface area contributed by atoms with Crippen molar-refractivity contribution in [3.8, 4) is 0 Å². The summed E-state index contributed by atoms with van der Waals surface area (Å²) in [5.41, 5.74) is 0.803. The standard InChI is InChI=1S/C17H23FN2O3S/c1-24(22,23)19-10-8-16-14(12-19)3-2-9-20(16)17(21)11-13-4-6-15(18)7-5-13/h4-7,14,16H,2-3,8-12H2,1H3/t14-,16+/m1/s1. The third-order valence-corrected chi connectivity index (χ3v) is 6.36. The van der Waals surface area contributed by atoms with Gasteiger partial charge in [0.05, 0.1) is 12.7 Å². The lowest BCUT2D eigenvalue weighted by atomic mass is 9.84. The predicted octanol–water partition coefficient (Wildman–Crippen LogP) is 1.64. The Morgan fingerprint density at radius 1 is 1.21 bits per heavy atom. The maximum atomic E-state index is 13.0. The Bertz CT molecular complexity index is 705. The van der Waals surface area contributed by atoms with E-state index in [-0.39, 0.29) is 30.1 Å². The molecule has 2 saturated heterocycles. The number of carbonyl (C=O) groups is 1. The molecule has 1 aromatic carbocycles. The van der Waals surface area contributed by atoms with Gasteiger partial charge in [-0.05, 0) is 42.9 Å². The predicted molar refractivity (Wildman–Crippen MR) is 89.4 cm³/mol. The van der Waals surface area contributed by atoms with Crippen LogP contribution < -0.4 is 0 Å². The van der Waals surface area contributed by atoms with Gasteiger partial charge in [0, 0.05) is 25.7 Å². The van der Waals surface area contributed by atoms with Gasteiger partial charge in [-0.1, -0.05) is 12.1 Å². The van der Waals surface area contributed by atoms with Gasteiger partial charge in [0.15, 0.2) is 0 Å². The second-order valence-corrected chi connectivity index (χ2v) is 8.75. The minimum atomic E-state index is -3.17. The number of benzene rings is 1. The van der Waals surface area contributed by atoms with E-state index in [0.717, 1.165) is 24.9 Å². The molecular weight excluding hydrogens is 331 g/mol. The van der Waals surface area contributed by atoms with E-state index >= 15 is 0 Å². The Morgan fingerprint density at radius 2 is 1.92 bits per heavy atom. The molecule has 0 radical (unpaired) electrons. The average Bonchev–Trinajstić information content (AvgIpc) is 2.55. The van der Waals surface area contributed by atoms with Crippen molar-refractivity contribution in [2.24, 2.45) is 5.92 Å². The highest BCUT2D eigenvalue weighted by Gasteiger charge is 2.39. The van der Waals surface area contributed by atoms with Gasteiger partial charge in [-0.2, -0.15) is 0 Å². The van der Waals surface area contributed by atoms with Crippen molar-refractivity contribution in [1.82, 2.24) is 9.21 Å². The Kier molecular flexibility index (Phi) is 4.92. The Morgan fingerprint density at radius 3 is 2.58 bits per heavy atom. The summed E-state index contributed by atoms with van der Waals surface area (Å²) in [6.45, 7) is 1.70. The molecule has 2 atom stereocenters. The summed E-state index contributed by atoms with van der Waals surface area (Å²) < 4.78 is 38.0. The Labute approximate surface area is 142 Å². The first-order chi connectivity index (χ1) is 11.3. The van der Waals surface area contributed by atoms with Crippen molar-refractivity contribution in [3.05, 3.63) is 35.6 Å². The lowest BCUT2D eigenvalue weighted by Gasteiger charge is -2.46. The number of amides is 1. The number of hydrogen-bond donors (Lipinski definition) is 0. The number of carbonyl (C=O) groups excluding carboxylic acids is 1. The highest BCUT2D eigenvalue weighted by molar-refractivity contribution is 7.88. The lowest BCUT2D eigenvalue weighted by molar-refractivity contribution is -0.137. The zero-order valence-electron chi connectivity index (χ0n) is 13.8. The number of fused-ring (bicyclic) bond motifs is 1. The van der Waals surface area contributed by atoms with E-state index < -0.39 is 10.0 Å². The molecule has 0 saturated carbocycles. The van der Waals surface area contributed by atoms with E-state index in [0.29, 0.717) is 19.5 Å². The van der Waals surface area contributed by atoms with Gasteiger partial charge in [-0.3, -0.25) is 4.79 Å². The SMILES string of the molecule is CS(=O)(=O)N1CC[C@H]2[C@H](CCCN2C(=O)Cc2ccc(F)cc2)C1. The average molecular weight is 354 g/mol. The fourth-order valence-corrected chi connectivity index (χ4v) is 4.76. The summed E-state index contributed by atoms with van der Waals surface area (Å²) in [5.74, 6) is -0.0547. The summed E-state index contributed by atoms with van der Waals surface area (Å²) in [6, 6.07) is 6.13. The van der Waals surface area contributed by atoms with Gasteiger partial charge in [0.1, 0.15) is 5.82 Å². The molecule has 3 rings (SSSR count). The van der Waals surface area contributed by atoms with E-state index in [2.05, 4.69) is 0 Å². The van der Waals surface area contributed by atoms with Gasteiger partial charge in [-0.15, -0.1) is 0 Å². The third-order valence-electron chi connectivity index (χ3n) is 5.09. The highest BCUT2D eigenvalue weighted by atomic mass is 32.2. The van der Waals surface area contributed by atoms with Crippen molar-refractivity contribution < 1.29 is 17.6 Å². The molecule has 0 spiro atoms. The van der Waals surface area contributed by atoms with Gasteiger partial charge < -0.3 is 4.90 Å². The van der Waals surface area contributed by atoms with Crippen molar-refractivity contribution in [2.45, 2.75) is 31.7 Å². The molecule has 0 N–H and O–H groups in total. The molecule has 1 aromatic rings. The van der Waals surface area contributed by atoms with Gasteiger partial charge in [0.2, 0.25) is 15.9 Å². The molecule has 2 aliphatic rings. The van der Waals surface area contributed by atoms with Gasteiger partial charge in [-0.25, -0.2) is 17.1 Å². The molecule has 5 nitrogen and oxygen atoms in total. The highest BCUT2D eigenvalue weighted by Crippen LogP contribution is 2.31. The van der Waals surface area contributed by atoms with Crippen molar-refractivity contribution in [1.29, 1.82) is 0 Å². The Balaban J connectivity index is 1.68. The largest absolute Gasteiger partial charge is 0.339 e. The fourth-order valence-electron chi connectivity index (χ4n) is 3.86. The summed E-state index contributed by atoms with van der Waals surface area (Å²) in [4.78, 5) is 14.6. The van der Waals surface area contributed by atoms with Crippen LogP contribution in [-0.4, -0.2) is 55.5 Å². The molecular formula is C17H23FN2O3S. The van der Waals surface area contributed by atoms with Gasteiger partial charge in [0.25, 0.3) is 0 Å². The molecule has 0 aromatic heterocycles. The number of piperidine rings is 2. The van der Waals surface area contributed by atoms with Crippen LogP contribution in [0.4, 0.5) is 4.39 Å². The van der Waals surface area contributed by atoms with E-state index in [4.69, 9.17) is 0 Å². The van der Waals surface area contributed by atoms with Crippen LogP contribution >= 0.6 is 0 Å². The summed E-state index contributed by atoms with van der Waals surface area (Å²) in [6.07, 6.45) is 4.05. The monoisotopic (exact) mass is 354 g/mol. The van der Waals surface area contributed by atoms with Crippen molar-refractivity contribution in [2.75, 3.05) is 25.9 Å². The maximum Gasteiger partial charge on any atom is 0.227 e. The minimum Gasteiger partial charge on any atom is -0.339 e. The van der Waals surface area contributed by atoms with Crippen LogP contribution in [0.5, 0.6) is 0 Å². The molecule has 0 unspecified atom stereocenters. The number of rotatable bonds is 3. The first-order valence-corrected chi connectivity index (χ1v) is 10.2. The topological polar surface area (TPSA) is 57.7 Å². The maximum absolute atomic E-state index is 13.0. The summed E-state index contributed by atoms with van der Waals surface area (Å²) >= 11 is 0. The molecule has 2 aliphatic heterocycles. The number of halogens is 1. The zero-order valence-corrected chi connectivity index (χ0v) is 14.6. The molecule has 2 heterocycles. The first-order valence-electron chi connectivity index (χ1n) is 8.33.